The Balaban J connectivity index is 2.31. The van der Waals surface area contributed by atoms with E-state index in [1.807, 2.05) is 24.3 Å². The Kier molecular flexibility index (Phi) is 2.68. The first-order valence-corrected chi connectivity index (χ1v) is 5.79. The van der Waals surface area contributed by atoms with Crippen LogP contribution in [-0.4, -0.2) is 10.2 Å². The second kappa shape index (κ2) is 4.35. The molecule has 0 unspecified atom stereocenters. The van der Waals surface area contributed by atoms with Crippen LogP contribution in [0.25, 0.3) is 22.0 Å². The van der Waals surface area contributed by atoms with Crippen LogP contribution in [0.5, 0.6) is 0 Å². The van der Waals surface area contributed by atoms with Gasteiger partial charge in [-0.15, -0.1) is 5.10 Å². The quantitative estimate of drug-likeness (QED) is 0.657. The van der Waals surface area contributed by atoms with E-state index in [9.17, 15) is 4.39 Å². The van der Waals surface area contributed by atoms with Crippen LogP contribution >= 0.6 is 11.6 Å². The molecule has 3 rings (SSSR count). The number of fused-ring (bicyclic) bond motifs is 1. The Morgan fingerprint density at radius 3 is 2.72 bits per heavy atom. The van der Waals surface area contributed by atoms with Crippen LogP contribution < -0.4 is 0 Å². The number of nitrogens with zero attached hydrogens (tertiary/aromatic N) is 2. The maximum absolute atomic E-state index is 13.9. The highest BCUT2D eigenvalue weighted by Crippen LogP contribution is 2.29. The Labute approximate surface area is 108 Å². The van der Waals surface area contributed by atoms with Crippen LogP contribution in [0.2, 0.25) is 5.02 Å². The zero-order chi connectivity index (χ0) is 12.5. The fraction of sp³-hybridized carbons (Fsp3) is 0. The lowest BCUT2D eigenvalue weighted by atomic mass is 10.0. The molecule has 2 aromatic carbocycles. The van der Waals surface area contributed by atoms with Crippen molar-refractivity contribution >= 4 is 22.5 Å². The average Bonchev–Trinajstić information content (AvgIpc) is 2.38. The highest BCUT2D eigenvalue weighted by Gasteiger charge is 2.10. The monoisotopic (exact) mass is 258 g/mol. The third-order valence-electron chi connectivity index (χ3n) is 2.77. The zero-order valence-electron chi connectivity index (χ0n) is 9.27. The SMILES string of the molecule is Fc1cc(Cl)ccc1-c1cccc2ccnnc12. The van der Waals surface area contributed by atoms with E-state index in [1.165, 1.54) is 6.07 Å². The van der Waals surface area contributed by atoms with Gasteiger partial charge < -0.3 is 0 Å². The van der Waals surface area contributed by atoms with Gasteiger partial charge in [-0.3, -0.25) is 0 Å². The number of hydrogen-bond donors (Lipinski definition) is 0. The molecule has 1 heterocycles. The summed E-state index contributed by atoms with van der Waals surface area (Å²) in [6.45, 7) is 0. The summed E-state index contributed by atoms with van der Waals surface area (Å²) in [6, 6.07) is 12.1. The first kappa shape index (κ1) is 11.1. The third-order valence-corrected chi connectivity index (χ3v) is 3.00. The van der Waals surface area contributed by atoms with Crippen molar-refractivity contribution in [1.82, 2.24) is 10.2 Å². The minimum Gasteiger partial charge on any atom is -0.206 e. The predicted octanol–water partition coefficient (Wildman–Crippen LogP) is 4.09. The Morgan fingerprint density at radius 1 is 1.00 bits per heavy atom. The molecule has 0 saturated heterocycles. The average molecular weight is 259 g/mol. The summed E-state index contributed by atoms with van der Waals surface area (Å²) in [5.41, 5.74) is 1.88. The fourth-order valence-electron chi connectivity index (χ4n) is 1.94. The van der Waals surface area contributed by atoms with E-state index in [1.54, 1.807) is 18.3 Å². The standard InChI is InChI=1S/C14H8ClFN2/c15-10-4-5-11(13(16)8-10)12-3-1-2-9-6-7-17-18-14(9)12/h1-8H. The van der Waals surface area contributed by atoms with Crippen LogP contribution in [0.15, 0.2) is 48.7 Å². The van der Waals surface area contributed by atoms with Gasteiger partial charge in [0.2, 0.25) is 0 Å². The van der Waals surface area contributed by atoms with E-state index in [2.05, 4.69) is 10.2 Å². The smallest absolute Gasteiger partial charge is 0.132 e. The van der Waals surface area contributed by atoms with E-state index in [0.29, 0.717) is 16.1 Å². The predicted molar refractivity (Wildman–Crippen MR) is 69.9 cm³/mol. The molecule has 0 aliphatic heterocycles. The molecular weight excluding hydrogens is 251 g/mol. The van der Waals surface area contributed by atoms with Gasteiger partial charge in [0.1, 0.15) is 11.3 Å². The normalized spacial score (nSPS) is 10.8. The van der Waals surface area contributed by atoms with Gasteiger partial charge in [0.15, 0.2) is 0 Å². The zero-order valence-corrected chi connectivity index (χ0v) is 10.0. The van der Waals surface area contributed by atoms with Crippen molar-refractivity contribution in [2.24, 2.45) is 0 Å². The van der Waals surface area contributed by atoms with Crippen LogP contribution in [0, 0.1) is 5.82 Å². The van der Waals surface area contributed by atoms with Crippen molar-refractivity contribution in [2.75, 3.05) is 0 Å². The van der Waals surface area contributed by atoms with Crippen molar-refractivity contribution < 1.29 is 4.39 Å². The number of hydrogen-bond acceptors (Lipinski definition) is 2. The topological polar surface area (TPSA) is 25.8 Å². The largest absolute Gasteiger partial charge is 0.206 e. The van der Waals surface area contributed by atoms with Crippen LogP contribution in [0.1, 0.15) is 0 Å². The minimum absolute atomic E-state index is 0.361. The molecule has 0 atom stereocenters. The maximum Gasteiger partial charge on any atom is 0.132 e. The Morgan fingerprint density at radius 2 is 1.89 bits per heavy atom. The van der Waals surface area contributed by atoms with Crippen molar-refractivity contribution in [3.8, 4) is 11.1 Å². The molecule has 18 heavy (non-hydrogen) atoms. The molecule has 0 radical (unpaired) electrons. The van der Waals surface area contributed by atoms with Crippen molar-refractivity contribution in [1.29, 1.82) is 0 Å². The summed E-state index contributed by atoms with van der Waals surface area (Å²) in [5, 5.41) is 9.22. The van der Waals surface area contributed by atoms with Gasteiger partial charge in [-0.1, -0.05) is 29.8 Å². The molecular formula is C14H8ClFN2. The molecule has 88 valence electrons. The summed E-state index contributed by atoms with van der Waals surface area (Å²) >= 11 is 5.75. The van der Waals surface area contributed by atoms with Crippen molar-refractivity contribution in [3.63, 3.8) is 0 Å². The van der Waals surface area contributed by atoms with E-state index in [4.69, 9.17) is 11.6 Å². The summed E-state index contributed by atoms with van der Waals surface area (Å²) in [7, 11) is 0. The number of aromatic nitrogens is 2. The first-order chi connectivity index (χ1) is 8.75. The van der Waals surface area contributed by atoms with Gasteiger partial charge in [-0.05, 0) is 24.3 Å². The second-order valence-corrected chi connectivity index (χ2v) is 4.34. The van der Waals surface area contributed by atoms with Gasteiger partial charge in [0.25, 0.3) is 0 Å². The van der Waals surface area contributed by atoms with Crippen LogP contribution in [-0.2, 0) is 0 Å². The summed E-state index contributed by atoms with van der Waals surface area (Å²) in [4.78, 5) is 0. The highest BCUT2D eigenvalue weighted by atomic mass is 35.5. The number of benzene rings is 2. The molecule has 0 aliphatic carbocycles. The van der Waals surface area contributed by atoms with Crippen molar-refractivity contribution in [2.45, 2.75) is 0 Å². The molecule has 0 bridgehead atoms. The lowest BCUT2D eigenvalue weighted by Crippen LogP contribution is -1.89. The molecule has 0 aliphatic rings. The first-order valence-electron chi connectivity index (χ1n) is 5.41. The Hall–Kier alpha value is -2.00. The lowest BCUT2D eigenvalue weighted by Gasteiger charge is -2.06. The van der Waals surface area contributed by atoms with Crippen LogP contribution in [0.4, 0.5) is 4.39 Å². The van der Waals surface area contributed by atoms with E-state index in [-0.39, 0.29) is 5.82 Å². The fourth-order valence-corrected chi connectivity index (χ4v) is 2.10. The van der Waals surface area contributed by atoms with Crippen LogP contribution in [0.3, 0.4) is 0 Å². The van der Waals surface area contributed by atoms with Gasteiger partial charge in [-0.2, -0.15) is 5.10 Å². The molecule has 0 N–H and O–H groups in total. The van der Waals surface area contributed by atoms with Crippen molar-refractivity contribution in [3.05, 3.63) is 59.5 Å². The molecule has 0 fully saturated rings. The number of halogens is 2. The van der Waals surface area contributed by atoms with Gasteiger partial charge in [-0.25, -0.2) is 4.39 Å². The van der Waals surface area contributed by atoms with E-state index in [0.717, 1.165) is 10.9 Å². The molecule has 0 amide bonds. The molecule has 3 aromatic rings. The van der Waals surface area contributed by atoms with E-state index < -0.39 is 0 Å². The molecule has 4 heteroatoms. The third kappa shape index (κ3) is 1.83. The molecule has 2 nitrogen and oxygen atoms in total. The lowest BCUT2D eigenvalue weighted by molar-refractivity contribution is 0.631. The minimum atomic E-state index is -0.361. The highest BCUT2D eigenvalue weighted by molar-refractivity contribution is 6.30. The molecule has 0 spiro atoms. The molecule has 0 saturated carbocycles. The van der Waals surface area contributed by atoms with Gasteiger partial charge in [0.05, 0.1) is 6.20 Å². The van der Waals surface area contributed by atoms with Gasteiger partial charge >= 0.3 is 0 Å². The number of rotatable bonds is 1. The Bertz CT molecular complexity index is 723. The summed E-state index contributed by atoms with van der Waals surface area (Å²) in [6.07, 6.45) is 1.62. The second-order valence-electron chi connectivity index (χ2n) is 3.90. The van der Waals surface area contributed by atoms with E-state index >= 15 is 0 Å². The maximum atomic E-state index is 13.9. The summed E-state index contributed by atoms with van der Waals surface area (Å²) < 4.78 is 13.9. The summed E-state index contributed by atoms with van der Waals surface area (Å²) in [5.74, 6) is -0.361. The molecule has 1 aromatic heterocycles. The van der Waals surface area contributed by atoms with Gasteiger partial charge in [0, 0.05) is 21.5 Å².